The van der Waals surface area contributed by atoms with Crippen LogP contribution in [0.15, 0.2) is 12.1 Å². The molecule has 0 radical (unpaired) electrons. The maximum Gasteiger partial charge on any atom is 0.163 e. The second-order valence-electron chi connectivity index (χ2n) is 5.65. The van der Waals surface area contributed by atoms with Crippen LogP contribution < -0.4 is 14.8 Å². The Balaban J connectivity index is 1.93. The Morgan fingerprint density at radius 1 is 1.24 bits per heavy atom. The minimum absolute atomic E-state index is 0.313. The maximum absolute atomic E-state index is 5.35. The monoisotopic (exact) mass is 289 g/mol. The van der Waals surface area contributed by atoms with Gasteiger partial charge in [0.15, 0.2) is 11.5 Å². The molecule has 0 aliphatic carbocycles. The number of nitrogens with one attached hydrogen (secondary N) is 2. The minimum Gasteiger partial charge on any atom is -0.493 e. The summed E-state index contributed by atoms with van der Waals surface area (Å²) in [7, 11) is 3.29. The number of rotatable bonds is 4. The fourth-order valence-corrected chi connectivity index (χ4v) is 3.10. The van der Waals surface area contributed by atoms with Gasteiger partial charge in [-0.3, -0.25) is 0 Å². The van der Waals surface area contributed by atoms with E-state index in [4.69, 9.17) is 14.5 Å². The molecule has 0 saturated carbocycles. The lowest BCUT2D eigenvalue weighted by Crippen LogP contribution is -2.32. The molecule has 2 aromatic rings. The van der Waals surface area contributed by atoms with E-state index in [1.807, 2.05) is 12.1 Å². The summed E-state index contributed by atoms with van der Waals surface area (Å²) in [5.74, 6) is 3.24. The van der Waals surface area contributed by atoms with Gasteiger partial charge in [0.2, 0.25) is 0 Å². The predicted octanol–water partition coefficient (Wildman–Crippen LogP) is 3.03. The van der Waals surface area contributed by atoms with Gasteiger partial charge in [-0.2, -0.15) is 0 Å². The summed E-state index contributed by atoms with van der Waals surface area (Å²) in [4.78, 5) is 8.16. The highest BCUT2D eigenvalue weighted by Crippen LogP contribution is 2.33. The number of hydrogen-bond acceptors (Lipinski definition) is 4. The highest BCUT2D eigenvalue weighted by Gasteiger charge is 2.24. The Morgan fingerprint density at radius 3 is 2.71 bits per heavy atom. The zero-order valence-electron chi connectivity index (χ0n) is 12.9. The van der Waals surface area contributed by atoms with E-state index in [1.165, 1.54) is 12.8 Å². The van der Waals surface area contributed by atoms with Crippen molar-refractivity contribution in [2.45, 2.75) is 32.2 Å². The van der Waals surface area contributed by atoms with Crippen LogP contribution in [-0.2, 0) is 0 Å². The molecule has 2 N–H and O–H groups in total. The van der Waals surface area contributed by atoms with Gasteiger partial charge in [-0.1, -0.05) is 13.3 Å². The molecule has 2 atom stereocenters. The van der Waals surface area contributed by atoms with E-state index in [0.717, 1.165) is 41.5 Å². The number of benzene rings is 1. The van der Waals surface area contributed by atoms with Gasteiger partial charge < -0.3 is 19.8 Å². The van der Waals surface area contributed by atoms with Crippen molar-refractivity contribution in [1.29, 1.82) is 0 Å². The summed E-state index contributed by atoms with van der Waals surface area (Å²) in [5.41, 5.74) is 1.91. The first-order valence-electron chi connectivity index (χ1n) is 7.60. The van der Waals surface area contributed by atoms with Crippen molar-refractivity contribution in [2.24, 2.45) is 5.92 Å². The highest BCUT2D eigenvalue weighted by molar-refractivity contribution is 5.79. The molecule has 1 saturated heterocycles. The first-order chi connectivity index (χ1) is 10.2. The summed E-state index contributed by atoms with van der Waals surface area (Å²) in [6.07, 6.45) is 3.64. The molecule has 3 rings (SSSR count). The summed E-state index contributed by atoms with van der Waals surface area (Å²) < 4.78 is 10.7. The lowest BCUT2D eigenvalue weighted by atomic mass is 9.90. The molecule has 1 fully saturated rings. The summed E-state index contributed by atoms with van der Waals surface area (Å²) in [6.45, 7) is 3.33. The summed E-state index contributed by atoms with van der Waals surface area (Å²) >= 11 is 0. The number of imidazole rings is 1. The first kappa shape index (κ1) is 14.2. The van der Waals surface area contributed by atoms with Crippen molar-refractivity contribution in [2.75, 3.05) is 20.8 Å². The van der Waals surface area contributed by atoms with Crippen LogP contribution in [-0.4, -0.2) is 30.7 Å². The van der Waals surface area contributed by atoms with Crippen LogP contribution in [0.25, 0.3) is 11.0 Å². The largest absolute Gasteiger partial charge is 0.493 e. The van der Waals surface area contributed by atoms with Crippen molar-refractivity contribution in [3.8, 4) is 11.5 Å². The smallest absolute Gasteiger partial charge is 0.163 e. The fourth-order valence-electron chi connectivity index (χ4n) is 3.10. The van der Waals surface area contributed by atoms with E-state index in [-0.39, 0.29) is 0 Å². The van der Waals surface area contributed by atoms with Gasteiger partial charge in [-0.05, 0) is 25.3 Å². The van der Waals surface area contributed by atoms with Crippen LogP contribution >= 0.6 is 0 Å². The van der Waals surface area contributed by atoms with Gasteiger partial charge in [-0.25, -0.2) is 4.98 Å². The SMILES string of the molecule is CCC1CCNC(c2nc3cc(OC)c(OC)cc3[nH]2)C1. The minimum atomic E-state index is 0.313. The van der Waals surface area contributed by atoms with Crippen molar-refractivity contribution in [3.05, 3.63) is 18.0 Å². The molecule has 2 unspecified atom stereocenters. The zero-order valence-corrected chi connectivity index (χ0v) is 12.9. The standard InChI is InChI=1S/C16H23N3O2/c1-4-10-5-6-17-13(7-10)16-18-11-8-14(20-2)15(21-3)9-12(11)19-16/h8-10,13,17H,4-7H2,1-3H3,(H,18,19). The Hall–Kier alpha value is -1.75. The van der Waals surface area contributed by atoms with Crippen molar-refractivity contribution in [1.82, 2.24) is 15.3 Å². The van der Waals surface area contributed by atoms with Gasteiger partial charge in [0.05, 0.1) is 31.3 Å². The molecule has 5 nitrogen and oxygen atoms in total. The van der Waals surface area contributed by atoms with Crippen LogP contribution in [0.5, 0.6) is 11.5 Å². The average Bonchev–Trinajstić information content (AvgIpc) is 2.96. The van der Waals surface area contributed by atoms with E-state index in [9.17, 15) is 0 Å². The number of hydrogen-bond donors (Lipinski definition) is 2. The third-order valence-electron chi connectivity index (χ3n) is 4.43. The molecule has 0 spiro atoms. The molecule has 0 bridgehead atoms. The second-order valence-corrected chi connectivity index (χ2v) is 5.65. The molecule has 0 amide bonds. The average molecular weight is 289 g/mol. The number of ether oxygens (including phenoxy) is 2. The van der Waals surface area contributed by atoms with Gasteiger partial charge in [0.1, 0.15) is 5.82 Å². The first-order valence-corrected chi connectivity index (χ1v) is 7.60. The summed E-state index contributed by atoms with van der Waals surface area (Å²) in [6, 6.07) is 4.19. The summed E-state index contributed by atoms with van der Waals surface area (Å²) in [5, 5.41) is 3.56. The Kier molecular flexibility index (Phi) is 4.01. The van der Waals surface area contributed by atoms with E-state index in [2.05, 4.69) is 17.2 Å². The number of methoxy groups -OCH3 is 2. The van der Waals surface area contributed by atoms with Crippen LogP contribution in [0.2, 0.25) is 0 Å². The topological polar surface area (TPSA) is 59.2 Å². The zero-order chi connectivity index (χ0) is 14.8. The number of piperidine rings is 1. The van der Waals surface area contributed by atoms with Gasteiger partial charge in [0, 0.05) is 12.1 Å². The number of H-pyrrole nitrogens is 1. The lowest BCUT2D eigenvalue weighted by molar-refractivity contribution is 0.292. The van der Waals surface area contributed by atoms with Crippen LogP contribution in [0.1, 0.15) is 38.1 Å². The third-order valence-corrected chi connectivity index (χ3v) is 4.43. The molecular formula is C16H23N3O2. The Bertz CT molecular complexity index is 582. The van der Waals surface area contributed by atoms with Crippen molar-refractivity contribution in [3.63, 3.8) is 0 Å². The number of nitrogens with zero attached hydrogens (tertiary/aromatic N) is 1. The van der Waals surface area contributed by atoms with Crippen LogP contribution in [0, 0.1) is 5.92 Å². The number of aromatic nitrogens is 2. The van der Waals surface area contributed by atoms with E-state index >= 15 is 0 Å². The van der Waals surface area contributed by atoms with Gasteiger partial charge in [-0.15, -0.1) is 0 Å². The number of fused-ring (bicyclic) bond motifs is 1. The lowest BCUT2D eigenvalue weighted by Gasteiger charge is -2.28. The Labute approximate surface area is 125 Å². The van der Waals surface area contributed by atoms with Crippen LogP contribution in [0.3, 0.4) is 0 Å². The third kappa shape index (κ3) is 2.70. The van der Waals surface area contributed by atoms with Crippen molar-refractivity contribution >= 4 is 11.0 Å². The van der Waals surface area contributed by atoms with E-state index in [1.54, 1.807) is 14.2 Å². The van der Waals surface area contributed by atoms with E-state index < -0.39 is 0 Å². The molecular weight excluding hydrogens is 266 g/mol. The van der Waals surface area contributed by atoms with Gasteiger partial charge >= 0.3 is 0 Å². The van der Waals surface area contributed by atoms with Crippen LogP contribution in [0.4, 0.5) is 0 Å². The molecule has 21 heavy (non-hydrogen) atoms. The van der Waals surface area contributed by atoms with Crippen molar-refractivity contribution < 1.29 is 9.47 Å². The molecule has 1 aromatic heterocycles. The molecule has 1 aromatic carbocycles. The normalized spacial score (nSPS) is 22.4. The van der Waals surface area contributed by atoms with E-state index in [0.29, 0.717) is 11.8 Å². The molecule has 2 heterocycles. The highest BCUT2D eigenvalue weighted by atomic mass is 16.5. The molecule has 5 heteroatoms. The van der Waals surface area contributed by atoms with Gasteiger partial charge in [0.25, 0.3) is 0 Å². The molecule has 1 aliphatic heterocycles. The second kappa shape index (κ2) is 5.93. The number of aromatic amines is 1. The quantitative estimate of drug-likeness (QED) is 0.908. The Morgan fingerprint density at radius 2 is 2.00 bits per heavy atom. The maximum atomic E-state index is 5.35. The fraction of sp³-hybridized carbons (Fsp3) is 0.562. The predicted molar refractivity (Wildman–Crippen MR) is 83.0 cm³/mol. The molecule has 1 aliphatic rings. The molecule has 114 valence electrons.